The fraction of sp³-hybridized carbons (Fsp3) is 0.625. The van der Waals surface area contributed by atoms with E-state index in [4.69, 9.17) is 0 Å². The molecule has 1 amide bonds. The first-order chi connectivity index (χ1) is 9.76. The summed E-state index contributed by atoms with van der Waals surface area (Å²) in [5.41, 5.74) is 1.81. The average Bonchev–Trinajstić information content (AvgIpc) is 2.78. The number of hydrogen-bond donors (Lipinski definition) is 1. The monoisotopic (exact) mass is 273 g/mol. The predicted molar refractivity (Wildman–Crippen MR) is 78.7 cm³/mol. The molecule has 20 heavy (non-hydrogen) atoms. The van der Waals surface area contributed by atoms with Crippen LogP contribution in [0, 0.1) is 0 Å². The minimum absolute atomic E-state index is 0.166. The Morgan fingerprint density at radius 3 is 3.10 bits per heavy atom. The van der Waals surface area contributed by atoms with Gasteiger partial charge >= 0.3 is 0 Å². The lowest BCUT2D eigenvalue weighted by molar-refractivity contribution is 0.0748. The van der Waals surface area contributed by atoms with E-state index in [1.165, 1.54) is 12.8 Å². The van der Waals surface area contributed by atoms with Crippen LogP contribution in [-0.2, 0) is 6.42 Å². The second-order valence-electron chi connectivity index (χ2n) is 5.96. The Morgan fingerprint density at radius 2 is 2.25 bits per heavy atom. The van der Waals surface area contributed by atoms with Crippen molar-refractivity contribution in [3.05, 3.63) is 29.6 Å². The van der Waals surface area contributed by atoms with Gasteiger partial charge in [-0.05, 0) is 37.8 Å². The van der Waals surface area contributed by atoms with Crippen LogP contribution in [0.25, 0.3) is 0 Å². The van der Waals surface area contributed by atoms with E-state index in [0.29, 0.717) is 12.1 Å². The van der Waals surface area contributed by atoms with Crippen molar-refractivity contribution in [2.45, 2.75) is 51.1 Å². The highest BCUT2D eigenvalue weighted by Crippen LogP contribution is 2.21. The third-order valence-corrected chi connectivity index (χ3v) is 4.38. The van der Waals surface area contributed by atoms with E-state index in [1.54, 1.807) is 6.20 Å². The van der Waals surface area contributed by atoms with E-state index in [9.17, 15) is 4.79 Å². The van der Waals surface area contributed by atoms with Crippen LogP contribution in [0.15, 0.2) is 18.3 Å². The molecule has 0 unspecified atom stereocenters. The molecule has 1 aromatic heterocycles. The van der Waals surface area contributed by atoms with Crippen molar-refractivity contribution in [3.63, 3.8) is 0 Å². The number of hydrogen-bond acceptors (Lipinski definition) is 3. The van der Waals surface area contributed by atoms with Crippen LogP contribution in [0.2, 0.25) is 0 Å². The van der Waals surface area contributed by atoms with Gasteiger partial charge in [-0.15, -0.1) is 0 Å². The smallest absolute Gasteiger partial charge is 0.254 e. The predicted octanol–water partition coefficient (Wildman–Crippen LogP) is 2.00. The van der Waals surface area contributed by atoms with Gasteiger partial charge in [-0.25, -0.2) is 0 Å². The first-order valence-corrected chi connectivity index (χ1v) is 7.76. The number of likely N-dealkylation sites (tertiary alicyclic amines) is 1. The molecule has 2 atom stereocenters. The van der Waals surface area contributed by atoms with Gasteiger partial charge in [-0.1, -0.05) is 13.3 Å². The summed E-state index contributed by atoms with van der Waals surface area (Å²) in [6.45, 7) is 3.85. The zero-order chi connectivity index (χ0) is 13.9. The van der Waals surface area contributed by atoms with Crippen molar-refractivity contribution in [2.24, 2.45) is 0 Å². The van der Waals surface area contributed by atoms with Gasteiger partial charge < -0.3 is 10.2 Å². The second kappa shape index (κ2) is 5.92. The van der Waals surface area contributed by atoms with Crippen molar-refractivity contribution in [3.8, 4) is 0 Å². The molecule has 2 aliphatic rings. The van der Waals surface area contributed by atoms with E-state index in [0.717, 1.165) is 43.6 Å². The molecule has 4 nitrogen and oxygen atoms in total. The van der Waals surface area contributed by atoms with Crippen LogP contribution in [-0.4, -0.2) is 41.0 Å². The van der Waals surface area contributed by atoms with Gasteiger partial charge in [0.2, 0.25) is 0 Å². The Kier molecular flexibility index (Phi) is 4.01. The van der Waals surface area contributed by atoms with E-state index in [1.807, 2.05) is 17.0 Å². The number of rotatable bonds is 3. The average molecular weight is 273 g/mol. The maximum Gasteiger partial charge on any atom is 0.254 e. The molecule has 4 heteroatoms. The number of nitrogens with zero attached hydrogens (tertiary/aromatic N) is 2. The summed E-state index contributed by atoms with van der Waals surface area (Å²) >= 11 is 0. The zero-order valence-corrected chi connectivity index (χ0v) is 12.1. The molecule has 2 saturated heterocycles. The molecular weight excluding hydrogens is 250 g/mol. The normalized spacial score (nSPS) is 25.6. The number of carbonyl (C=O) groups is 1. The number of aromatic nitrogens is 1. The van der Waals surface area contributed by atoms with Crippen LogP contribution < -0.4 is 5.32 Å². The fourth-order valence-corrected chi connectivity index (χ4v) is 3.31. The van der Waals surface area contributed by atoms with Gasteiger partial charge in [0, 0.05) is 42.6 Å². The quantitative estimate of drug-likeness (QED) is 0.916. The molecule has 0 saturated carbocycles. The Bertz CT molecular complexity index is 488. The lowest BCUT2D eigenvalue weighted by Crippen LogP contribution is -2.39. The number of pyridine rings is 1. The fourth-order valence-electron chi connectivity index (χ4n) is 3.31. The third-order valence-electron chi connectivity index (χ3n) is 4.38. The highest BCUT2D eigenvalue weighted by atomic mass is 16.2. The van der Waals surface area contributed by atoms with Crippen molar-refractivity contribution < 1.29 is 4.79 Å². The number of aryl methyl sites for hydroxylation is 1. The summed E-state index contributed by atoms with van der Waals surface area (Å²) < 4.78 is 0. The number of amides is 1. The molecule has 1 aromatic rings. The third kappa shape index (κ3) is 2.85. The Hall–Kier alpha value is -1.42. The molecule has 1 N–H and O–H groups in total. The molecule has 108 valence electrons. The summed E-state index contributed by atoms with van der Waals surface area (Å²) in [5.74, 6) is 0.166. The maximum atomic E-state index is 12.7. The molecule has 2 aliphatic heterocycles. The van der Waals surface area contributed by atoms with Crippen molar-refractivity contribution >= 4 is 5.91 Å². The van der Waals surface area contributed by atoms with Crippen LogP contribution in [0.4, 0.5) is 0 Å². The van der Waals surface area contributed by atoms with E-state index >= 15 is 0 Å². The molecule has 0 aromatic carbocycles. The van der Waals surface area contributed by atoms with Crippen LogP contribution in [0.1, 0.15) is 48.7 Å². The van der Waals surface area contributed by atoms with Gasteiger partial charge in [0.1, 0.15) is 0 Å². The first kappa shape index (κ1) is 13.6. The maximum absolute atomic E-state index is 12.7. The van der Waals surface area contributed by atoms with Gasteiger partial charge in [0.25, 0.3) is 5.91 Å². The van der Waals surface area contributed by atoms with E-state index in [2.05, 4.69) is 17.2 Å². The standard InChI is InChI=1S/C16H23N3O/c1-2-3-14-10-12(6-8-17-14)16(20)19-9-7-13-4-5-15(11-19)18-13/h6,8,10,13,15,18H,2-5,7,9,11H2,1H3/t13-,15+/m1/s1. The summed E-state index contributed by atoms with van der Waals surface area (Å²) in [6, 6.07) is 4.91. The summed E-state index contributed by atoms with van der Waals surface area (Å²) in [5, 5.41) is 3.61. The lowest BCUT2D eigenvalue weighted by Gasteiger charge is -2.24. The molecule has 0 spiro atoms. The topological polar surface area (TPSA) is 45.2 Å². The molecule has 2 bridgehead atoms. The molecule has 0 aliphatic carbocycles. The summed E-state index contributed by atoms with van der Waals surface area (Å²) in [7, 11) is 0. The second-order valence-corrected chi connectivity index (χ2v) is 5.96. The lowest BCUT2D eigenvalue weighted by atomic mass is 10.1. The van der Waals surface area contributed by atoms with Gasteiger partial charge in [0.15, 0.2) is 0 Å². The van der Waals surface area contributed by atoms with Crippen molar-refractivity contribution in [1.29, 1.82) is 0 Å². The Balaban J connectivity index is 1.73. The Morgan fingerprint density at radius 1 is 1.40 bits per heavy atom. The van der Waals surface area contributed by atoms with Gasteiger partial charge in [0.05, 0.1) is 0 Å². The van der Waals surface area contributed by atoms with Crippen molar-refractivity contribution in [2.75, 3.05) is 13.1 Å². The minimum atomic E-state index is 0.166. The van der Waals surface area contributed by atoms with E-state index in [-0.39, 0.29) is 5.91 Å². The van der Waals surface area contributed by atoms with Crippen molar-refractivity contribution in [1.82, 2.24) is 15.2 Å². The largest absolute Gasteiger partial charge is 0.337 e. The number of nitrogens with one attached hydrogen (secondary N) is 1. The summed E-state index contributed by atoms with van der Waals surface area (Å²) in [6.07, 6.45) is 7.31. The zero-order valence-electron chi connectivity index (χ0n) is 12.1. The number of fused-ring (bicyclic) bond motifs is 2. The molecule has 0 radical (unpaired) electrons. The Labute approximate surface area is 120 Å². The molecule has 3 heterocycles. The van der Waals surface area contributed by atoms with Gasteiger partial charge in [-0.3, -0.25) is 9.78 Å². The molecular formula is C16H23N3O. The van der Waals surface area contributed by atoms with Gasteiger partial charge in [-0.2, -0.15) is 0 Å². The first-order valence-electron chi connectivity index (χ1n) is 7.76. The minimum Gasteiger partial charge on any atom is -0.337 e. The highest BCUT2D eigenvalue weighted by molar-refractivity contribution is 5.94. The SMILES string of the molecule is CCCc1cc(C(=O)N2CC[C@H]3CC[C@@H](C2)N3)ccn1. The van der Waals surface area contributed by atoms with Crippen LogP contribution in [0.5, 0.6) is 0 Å². The van der Waals surface area contributed by atoms with Crippen LogP contribution >= 0.6 is 0 Å². The summed E-state index contributed by atoms with van der Waals surface area (Å²) in [4.78, 5) is 19.0. The van der Waals surface area contributed by atoms with E-state index < -0.39 is 0 Å². The number of carbonyl (C=O) groups excluding carboxylic acids is 1. The molecule has 3 rings (SSSR count). The highest BCUT2D eigenvalue weighted by Gasteiger charge is 2.31. The molecule has 2 fully saturated rings. The van der Waals surface area contributed by atoms with Crippen LogP contribution in [0.3, 0.4) is 0 Å².